The van der Waals surface area contributed by atoms with Crippen LogP contribution in [-0.2, 0) is 10.0 Å². The van der Waals surface area contributed by atoms with Crippen molar-refractivity contribution in [1.29, 1.82) is 0 Å². The van der Waals surface area contributed by atoms with Crippen molar-refractivity contribution in [2.24, 2.45) is 0 Å². The molecule has 0 saturated carbocycles. The van der Waals surface area contributed by atoms with Crippen molar-refractivity contribution in [3.8, 4) is 0 Å². The summed E-state index contributed by atoms with van der Waals surface area (Å²) in [6.45, 7) is 3.63. The number of carbonyl (C=O) groups is 1. The fraction of sp³-hybridized carbons (Fsp3) is 0.462. The first-order valence-electron chi connectivity index (χ1n) is 6.29. The number of nitrogens with zero attached hydrogens (tertiary/aromatic N) is 2. The van der Waals surface area contributed by atoms with Crippen LogP contribution in [0.1, 0.15) is 17.3 Å². The lowest BCUT2D eigenvalue weighted by Crippen LogP contribution is -2.48. The fourth-order valence-corrected chi connectivity index (χ4v) is 3.51. The molecule has 1 heterocycles. The highest BCUT2D eigenvalue weighted by Crippen LogP contribution is 2.26. The molecular formula is C13H17BrN2O3S. The van der Waals surface area contributed by atoms with E-state index in [0.717, 1.165) is 10.2 Å². The van der Waals surface area contributed by atoms with Crippen molar-refractivity contribution < 1.29 is 13.2 Å². The van der Waals surface area contributed by atoms with E-state index in [-0.39, 0.29) is 5.78 Å². The number of sulfonamides is 1. The lowest BCUT2D eigenvalue weighted by atomic mass is 10.1. The van der Waals surface area contributed by atoms with Gasteiger partial charge in [0.2, 0.25) is 10.0 Å². The third kappa shape index (κ3) is 3.39. The van der Waals surface area contributed by atoms with Crippen molar-refractivity contribution in [2.75, 3.05) is 37.3 Å². The highest BCUT2D eigenvalue weighted by atomic mass is 79.9. The van der Waals surface area contributed by atoms with Gasteiger partial charge < -0.3 is 4.90 Å². The van der Waals surface area contributed by atoms with E-state index in [2.05, 4.69) is 20.8 Å². The van der Waals surface area contributed by atoms with Crippen LogP contribution < -0.4 is 4.90 Å². The van der Waals surface area contributed by atoms with Gasteiger partial charge in [0.1, 0.15) is 0 Å². The van der Waals surface area contributed by atoms with Crippen LogP contribution in [0.15, 0.2) is 22.7 Å². The van der Waals surface area contributed by atoms with Crippen molar-refractivity contribution in [3.05, 3.63) is 28.2 Å². The SMILES string of the molecule is CC(=O)c1cc(Br)ccc1N1CCN(S(C)(=O)=O)CC1. The molecule has 20 heavy (non-hydrogen) atoms. The summed E-state index contributed by atoms with van der Waals surface area (Å²) in [4.78, 5) is 13.8. The van der Waals surface area contributed by atoms with E-state index in [1.807, 2.05) is 12.1 Å². The minimum Gasteiger partial charge on any atom is -0.368 e. The second-order valence-electron chi connectivity index (χ2n) is 4.87. The fourth-order valence-electron chi connectivity index (χ4n) is 2.33. The second kappa shape index (κ2) is 5.83. The van der Waals surface area contributed by atoms with Crippen LogP contribution >= 0.6 is 15.9 Å². The zero-order valence-corrected chi connectivity index (χ0v) is 13.9. The molecule has 0 N–H and O–H groups in total. The molecule has 1 aromatic carbocycles. The Kier molecular flexibility index (Phi) is 4.51. The lowest BCUT2D eigenvalue weighted by molar-refractivity contribution is 0.101. The van der Waals surface area contributed by atoms with E-state index in [1.165, 1.54) is 17.5 Å². The zero-order chi connectivity index (χ0) is 14.9. The molecule has 0 amide bonds. The normalized spacial score (nSPS) is 17.2. The molecule has 1 aromatic rings. The molecule has 0 aromatic heterocycles. The maximum atomic E-state index is 11.7. The molecule has 0 atom stereocenters. The average molecular weight is 361 g/mol. The molecule has 7 heteroatoms. The van der Waals surface area contributed by atoms with Gasteiger partial charge in [0, 0.05) is 41.9 Å². The highest BCUT2D eigenvalue weighted by molar-refractivity contribution is 9.10. The number of rotatable bonds is 3. The molecule has 0 spiro atoms. The number of hydrogen-bond acceptors (Lipinski definition) is 4. The van der Waals surface area contributed by atoms with Crippen LogP contribution in [0.3, 0.4) is 0 Å². The van der Waals surface area contributed by atoms with Gasteiger partial charge in [0.25, 0.3) is 0 Å². The van der Waals surface area contributed by atoms with Gasteiger partial charge in [-0.3, -0.25) is 4.79 Å². The first-order chi connectivity index (χ1) is 9.29. The Morgan fingerprint density at radius 2 is 1.80 bits per heavy atom. The molecule has 1 fully saturated rings. The van der Waals surface area contributed by atoms with E-state index in [0.29, 0.717) is 31.7 Å². The van der Waals surface area contributed by atoms with Gasteiger partial charge in [-0.2, -0.15) is 4.31 Å². The standard InChI is InChI=1S/C13H17BrN2O3S/c1-10(17)12-9-11(14)3-4-13(12)15-5-7-16(8-6-15)20(2,18)19/h3-4,9H,5-8H2,1-2H3. The van der Waals surface area contributed by atoms with Crippen LogP contribution in [0, 0.1) is 0 Å². The molecule has 0 unspecified atom stereocenters. The van der Waals surface area contributed by atoms with Crippen LogP contribution in [0.25, 0.3) is 0 Å². The van der Waals surface area contributed by atoms with Crippen molar-refractivity contribution >= 4 is 37.4 Å². The minimum absolute atomic E-state index is 0.00634. The molecule has 1 aliphatic rings. The number of anilines is 1. The summed E-state index contributed by atoms with van der Waals surface area (Å²) >= 11 is 3.37. The number of hydrogen-bond donors (Lipinski definition) is 0. The van der Waals surface area contributed by atoms with Crippen LogP contribution in [0.2, 0.25) is 0 Å². The van der Waals surface area contributed by atoms with E-state index in [9.17, 15) is 13.2 Å². The summed E-state index contributed by atoms with van der Waals surface area (Å²) in [5.74, 6) is 0.00634. The monoisotopic (exact) mass is 360 g/mol. The Labute approximate surface area is 127 Å². The zero-order valence-electron chi connectivity index (χ0n) is 11.5. The lowest BCUT2D eigenvalue weighted by Gasteiger charge is -2.35. The molecule has 5 nitrogen and oxygen atoms in total. The number of carbonyl (C=O) groups excluding carboxylic acids is 1. The van der Waals surface area contributed by atoms with E-state index in [1.54, 1.807) is 6.07 Å². The summed E-state index contributed by atoms with van der Waals surface area (Å²) in [7, 11) is -3.13. The predicted octanol–water partition coefficient (Wildman–Crippen LogP) is 1.73. The molecule has 1 saturated heterocycles. The smallest absolute Gasteiger partial charge is 0.211 e. The van der Waals surface area contributed by atoms with Crippen LogP contribution in [0.4, 0.5) is 5.69 Å². The molecule has 0 bridgehead atoms. The van der Waals surface area contributed by atoms with E-state index >= 15 is 0 Å². The third-order valence-electron chi connectivity index (χ3n) is 3.39. The Morgan fingerprint density at radius 1 is 1.20 bits per heavy atom. The van der Waals surface area contributed by atoms with Gasteiger partial charge in [-0.15, -0.1) is 0 Å². The van der Waals surface area contributed by atoms with Gasteiger partial charge in [0.05, 0.1) is 6.26 Å². The van der Waals surface area contributed by atoms with Crippen molar-refractivity contribution in [3.63, 3.8) is 0 Å². The summed E-state index contributed by atoms with van der Waals surface area (Å²) in [6, 6.07) is 5.60. The van der Waals surface area contributed by atoms with Crippen molar-refractivity contribution in [2.45, 2.75) is 6.92 Å². The number of piperazine rings is 1. The van der Waals surface area contributed by atoms with Gasteiger partial charge >= 0.3 is 0 Å². The van der Waals surface area contributed by atoms with Crippen LogP contribution in [-0.4, -0.2) is 50.9 Å². The first kappa shape index (κ1) is 15.5. The van der Waals surface area contributed by atoms with Gasteiger partial charge in [-0.25, -0.2) is 8.42 Å². The molecule has 1 aliphatic heterocycles. The largest absolute Gasteiger partial charge is 0.368 e. The predicted molar refractivity (Wildman–Crippen MR) is 82.8 cm³/mol. The molecule has 2 rings (SSSR count). The average Bonchev–Trinajstić information content (AvgIpc) is 2.37. The Bertz CT molecular complexity index is 623. The maximum Gasteiger partial charge on any atom is 0.211 e. The number of Topliss-reactive ketones (excluding diaryl/α,β-unsaturated/α-hetero) is 1. The number of halogens is 1. The van der Waals surface area contributed by atoms with Gasteiger partial charge in [-0.05, 0) is 25.1 Å². The summed E-state index contributed by atoms with van der Waals surface area (Å²) in [5.41, 5.74) is 1.53. The quantitative estimate of drug-likeness (QED) is 0.770. The molecular weight excluding hydrogens is 344 g/mol. The Morgan fingerprint density at radius 3 is 2.30 bits per heavy atom. The third-order valence-corrected chi connectivity index (χ3v) is 5.18. The van der Waals surface area contributed by atoms with Gasteiger partial charge in [-0.1, -0.05) is 15.9 Å². The Balaban J connectivity index is 2.21. The molecule has 110 valence electrons. The first-order valence-corrected chi connectivity index (χ1v) is 8.94. The maximum absolute atomic E-state index is 11.7. The van der Waals surface area contributed by atoms with Crippen LogP contribution in [0.5, 0.6) is 0 Å². The number of benzene rings is 1. The summed E-state index contributed by atoms with van der Waals surface area (Å²) in [5, 5.41) is 0. The minimum atomic E-state index is -3.13. The summed E-state index contributed by atoms with van der Waals surface area (Å²) in [6.07, 6.45) is 1.23. The highest BCUT2D eigenvalue weighted by Gasteiger charge is 2.25. The van der Waals surface area contributed by atoms with E-state index < -0.39 is 10.0 Å². The van der Waals surface area contributed by atoms with Gasteiger partial charge in [0.15, 0.2) is 5.78 Å². The number of ketones is 1. The van der Waals surface area contributed by atoms with Crippen molar-refractivity contribution in [1.82, 2.24) is 4.31 Å². The molecule has 0 radical (unpaired) electrons. The summed E-state index contributed by atoms with van der Waals surface area (Å²) < 4.78 is 25.3. The topological polar surface area (TPSA) is 57.7 Å². The van der Waals surface area contributed by atoms with E-state index in [4.69, 9.17) is 0 Å². The molecule has 0 aliphatic carbocycles. The second-order valence-corrected chi connectivity index (χ2v) is 7.76. The Hall–Kier alpha value is -0.920.